The van der Waals surface area contributed by atoms with Gasteiger partial charge >= 0.3 is 0 Å². The third kappa shape index (κ3) is 2.23. The first kappa shape index (κ1) is 12.9. The van der Waals surface area contributed by atoms with Gasteiger partial charge in [-0.3, -0.25) is 5.32 Å². The van der Waals surface area contributed by atoms with Crippen molar-refractivity contribution < 1.29 is 4.42 Å². The van der Waals surface area contributed by atoms with Crippen LogP contribution in [0.3, 0.4) is 0 Å². The summed E-state index contributed by atoms with van der Waals surface area (Å²) < 4.78 is 7.57. The van der Waals surface area contributed by atoms with E-state index in [9.17, 15) is 0 Å². The van der Waals surface area contributed by atoms with Crippen molar-refractivity contribution in [1.82, 2.24) is 14.9 Å². The fraction of sp³-hybridized carbons (Fsp3) is 0.312. The minimum absolute atomic E-state index is 0.146. The molecular weight excluding hydrogens is 250 g/mol. The molecule has 1 unspecified atom stereocenters. The van der Waals surface area contributed by atoms with E-state index in [0.717, 1.165) is 22.6 Å². The molecule has 1 N–H and O–H groups in total. The quantitative estimate of drug-likeness (QED) is 0.787. The molecule has 3 aromatic rings. The van der Waals surface area contributed by atoms with Crippen molar-refractivity contribution in [1.29, 1.82) is 0 Å². The van der Waals surface area contributed by atoms with Crippen LogP contribution in [0, 0.1) is 0 Å². The number of imidazole rings is 1. The van der Waals surface area contributed by atoms with E-state index in [2.05, 4.69) is 36.8 Å². The Labute approximate surface area is 118 Å². The summed E-state index contributed by atoms with van der Waals surface area (Å²) in [5, 5.41) is 3.52. The number of nitrogens with zero attached hydrogens (tertiary/aromatic N) is 2. The van der Waals surface area contributed by atoms with Crippen molar-refractivity contribution >= 4 is 11.0 Å². The average Bonchev–Trinajstić information content (AvgIpc) is 3.07. The third-order valence-electron chi connectivity index (χ3n) is 3.68. The highest BCUT2D eigenvalue weighted by Gasteiger charge is 2.17. The van der Waals surface area contributed by atoms with E-state index in [-0.39, 0.29) is 12.1 Å². The maximum absolute atomic E-state index is 5.43. The fourth-order valence-corrected chi connectivity index (χ4v) is 2.62. The van der Waals surface area contributed by atoms with Crippen LogP contribution in [0.15, 0.2) is 47.1 Å². The molecule has 104 valence electrons. The SMILES string of the molecule is CC(N[C@@H](C)c1ccco1)c1nc2ccccc2n1C. The monoisotopic (exact) mass is 269 g/mol. The zero-order chi connectivity index (χ0) is 14.1. The largest absolute Gasteiger partial charge is 0.468 e. The van der Waals surface area contributed by atoms with Gasteiger partial charge in [0.25, 0.3) is 0 Å². The molecular formula is C16H19N3O. The van der Waals surface area contributed by atoms with Crippen LogP contribution in [0.4, 0.5) is 0 Å². The second-order valence-corrected chi connectivity index (χ2v) is 5.14. The molecule has 2 atom stereocenters. The van der Waals surface area contributed by atoms with Gasteiger partial charge in [0.1, 0.15) is 11.6 Å². The Morgan fingerprint density at radius 1 is 1.10 bits per heavy atom. The summed E-state index contributed by atoms with van der Waals surface area (Å²) in [7, 11) is 2.06. The van der Waals surface area contributed by atoms with Gasteiger partial charge in [-0.05, 0) is 38.1 Å². The van der Waals surface area contributed by atoms with Crippen molar-refractivity contribution in [3.8, 4) is 0 Å². The first-order chi connectivity index (χ1) is 9.66. The number of fused-ring (bicyclic) bond motifs is 1. The summed E-state index contributed by atoms with van der Waals surface area (Å²) in [5.41, 5.74) is 2.19. The topological polar surface area (TPSA) is 43.0 Å². The molecule has 20 heavy (non-hydrogen) atoms. The third-order valence-corrected chi connectivity index (χ3v) is 3.68. The second-order valence-electron chi connectivity index (χ2n) is 5.14. The summed E-state index contributed by atoms with van der Waals surface area (Å²) >= 11 is 0. The van der Waals surface area contributed by atoms with Gasteiger partial charge in [0.2, 0.25) is 0 Å². The predicted molar refractivity (Wildman–Crippen MR) is 79.4 cm³/mol. The van der Waals surface area contributed by atoms with Crippen LogP contribution < -0.4 is 5.32 Å². The zero-order valence-corrected chi connectivity index (χ0v) is 12.0. The molecule has 0 aliphatic carbocycles. The number of hydrogen-bond acceptors (Lipinski definition) is 3. The second kappa shape index (κ2) is 5.13. The molecule has 0 saturated carbocycles. The van der Waals surface area contributed by atoms with Gasteiger partial charge in [0, 0.05) is 7.05 Å². The Morgan fingerprint density at radius 3 is 2.60 bits per heavy atom. The number of hydrogen-bond donors (Lipinski definition) is 1. The van der Waals surface area contributed by atoms with Gasteiger partial charge in [-0.15, -0.1) is 0 Å². The summed E-state index contributed by atoms with van der Waals surface area (Å²) in [5.74, 6) is 1.97. The molecule has 0 spiro atoms. The minimum atomic E-state index is 0.146. The molecule has 0 bridgehead atoms. The van der Waals surface area contributed by atoms with Crippen LogP contribution in [0.2, 0.25) is 0 Å². The predicted octanol–water partition coefficient (Wildman–Crippen LogP) is 3.58. The van der Waals surface area contributed by atoms with Crippen molar-refractivity contribution in [2.45, 2.75) is 25.9 Å². The van der Waals surface area contributed by atoms with Crippen LogP contribution in [0.1, 0.15) is 37.5 Å². The molecule has 2 heterocycles. The number of nitrogens with one attached hydrogen (secondary N) is 1. The summed E-state index contributed by atoms with van der Waals surface area (Å²) in [6.45, 7) is 4.22. The molecule has 0 radical (unpaired) electrons. The van der Waals surface area contributed by atoms with Gasteiger partial charge in [-0.1, -0.05) is 12.1 Å². The average molecular weight is 269 g/mol. The lowest BCUT2D eigenvalue weighted by Gasteiger charge is -2.18. The highest BCUT2D eigenvalue weighted by molar-refractivity contribution is 5.75. The molecule has 1 aromatic carbocycles. The molecule has 4 nitrogen and oxygen atoms in total. The van der Waals surface area contributed by atoms with E-state index in [1.54, 1.807) is 6.26 Å². The van der Waals surface area contributed by atoms with E-state index in [0.29, 0.717) is 0 Å². The van der Waals surface area contributed by atoms with E-state index in [1.165, 1.54) is 0 Å². The van der Waals surface area contributed by atoms with Crippen molar-refractivity contribution in [3.05, 3.63) is 54.2 Å². The number of benzene rings is 1. The first-order valence-electron chi connectivity index (χ1n) is 6.87. The smallest absolute Gasteiger partial charge is 0.126 e. The van der Waals surface area contributed by atoms with Crippen LogP contribution in [0.5, 0.6) is 0 Å². The molecule has 0 saturated heterocycles. The Kier molecular flexibility index (Phi) is 3.32. The number of aryl methyl sites for hydroxylation is 1. The van der Waals surface area contributed by atoms with Crippen molar-refractivity contribution in [2.24, 2.45) is 7.05 Å². The van der Waals surface area contributed by atoms with E-state index in [1.807, 2.05) is 30.3 Å². The van der Waals surface area contributed by atoms with E-state index < -0.39 is 0 Å². The van der Waals surface area contributed by atoms with E-state index >= 15 is 0 Å². The number of para-hydroxylation sites is 2. The maximum atomic E-state index is 5.43. The van der Waals surface area contributed by atoms with Gasteiger partial charge in [0.15, 0.2) is 0 Å². The van der Waals surface area contributed by atoms with Crippen molar-refractivity contribution in [2.75, 3.05) is 0 Å². The maximum Gasteiger partial charge on any atom is 0.126 e. The van der Waals surface area contributed by atoms with Gasteiger partial charge in [-0.25, -0.2) is 4.98 Å². The normalized spacial score (nSPS) is 14.6. The molecule has 0 amide bonds. The Balaban J connectivity index is 1.85. The van der Waals surface area contributed by atoms with Crippen LogP contribution in [-0.4, -0.2) is 9.55 Å². The lowest BCUT2D eigenvalue weighted by atomic mass is 10.2. The molecule has 3 rings (SSSR count). The van der Waals surface area contributed by atoms with E-state index in [4.69, 9.17) is 9.40 Å². The van der Waals surface area contributed by atoms with Crippen LogP contribution in [-0.2, 0) is 7.05 Å². The summed E-state index contributed by atoms with van der Waals surface area (Å²) in [6, 6.07) is 12.4. The van der Waals surface area contributed by atoms with Crippen LogP contribution >= 0.6 is 0 Å². The first-order valence-corrected chi connectivity index (χ1v) is 6.87. The zero-order valence-electron chi connectivity index (χ0n) is 12.0. The molecule has 4 heteroatoms. The lowest BCUT2D eigenvalue weighted by Crippen LogP contribution is -2.24. The summed E-state index contributed by atoms with van der Waals surface area (Å²) in [6.07, 6.45) is 1.70. The molecule has 0 fully saturated rings. The lowest BCUT2D eigenvalue weighted by molar-refractivity contribution is 0.393. The Hall–Kier alpha value is -2.07. The van der Waals surface area contributed by atoms with Crippen LogP contribution in [0.25, 0.3) is 11.0 Å². The Bertz CT molecular complexity index is 700. The van der Waals surface area contributed by atoms with Crippen molar-refractivity contribution in [3.63, 3.8) is 0 Å². The Morgan fingerprint density at radius 2 is 1.90 bits per heavy atom. The summed E-state index contributed by atoms with van der Waals surface area (Å²) in [4.78, 5) is 4.72. The molecule has 0 aliphatic rings. The highest BCUT2D eigenvalue weighted by Crippen LogP contribution is 2.22. The molecule has 2 aromatic heterocycles. The van der Waals surface area contributed by atoms with Gasteiger partial charge in [-0.2, -0.15) is 0 Å². The number of rotatable bonds is 4. The highest BCUT2D eigenvalue weighted by atomic mass is 16.3. The number of furan rings is 1. The molecule has 0 aliphatic heterocycles. The van der Waals surface area contributed by atoms with Gasteiger partial charge in [0.05, 0.1) is 29.4 Å². The standard InChI is InChI=1S/C16H19N3O/c1-11(15-9-6-10-20-15)17-12(2)16-18-13-7-4-5-8-14(13)19(16)3/h4-12,17H,1-3H3/t11-,12?/m0/s1. The minimum Gasteiger partial charge on any atom is -0.468 e. The fourth-order valence-electron chi connectivity index (χ4n) is 2.62. The van der Waals surface area contributed by atoms with Gasteiger partial charge < -0.3 is 8.98 Å². The number of aromatic nitrogens is 2.